The van der Waals surface area contributed by atoms with E-state index >= 15 is 0 Å². The molecule has 0 unspecified atom stereocenters. The molecule has 0 atom stereocenters. The van der Waals surface area contributed by atoms with E-state index in [2.05, 4.69) is 5.32 Å². The molecule has 1 N–H and O–H groups in total. The third-order valence-corrected chi connectivity index (χ3v) is 3.60. The largest absolute Gasteiger partial charge is 0.378 e. The third-order valence-electron chi connectivity index (χ3n) is 2.80. The molecule has 0 aliphatic heterocycles. The van der Waals surface area contributed by atoms with E-state index < -0.39 is 12.5 Å². The summed E-state index contributed by atoms with van der Waals surface area (Å²) < 4.78 is 28.0. The van der Waals surface area contributed by atoms with Crippen molar-refractivity contribution in [1.29, 1.82) is 0 Å². The smallest absolute Gasteiger partial charge is 0.290 e. The fraction of sp³-hybridized carbons (Fsp3) is 0.200. The lowest BCUT2D eigenvalue weighted by Crippen LogP contribution is -2.24. The summed E-state index contributed by atoms with van der Waals surface area (Å²) >= 11 is 1.53. The van der Waals surface area contributed by atoms with E-state index in [0.717, 1.165) is 10.6 Å². The van der Waals surface area contributed by atoms with E-state index in [9.17, 15) is 8.78 Å². The van der Waals surface area contributed by atoms with Crippen LogP contribution in [0.4, 0.5) is 14.5 Å². The van der Waals surface area contributed by atoms with Crippen LogP contribution in [0.1, 0.15) is 5.56 Å². The minimum Gasteiger partial charge on any atom is -0.378 e. The molecule has 2 aromatic carbocycles. The standard InChI is InChI=1S/C15H15F2NS/c1-19-14-10-6-5-9-13(14)18-11-15(16,17)12-7-3-2-4-8-12/h2-10,18H,11H2,1H3. The van der Waals surface area contributed by atoms with Crippen molar-refractivity contribution in [3.05, 3.63) is 60.2 Å². The Kier molecular flexibility index (Phi) is 4.43. The van der Waals surface area contributed by atoms with E-state index in [-0.39, 0.29) is 5.56 Å². The van der Waals surface area contributed by atoms with Gasteiger partial charge in [0, 0.05) is 16.1 Å². The molecule has 0 saturated heterocycles. The van der Waals surface area contributed by atoms with Crippen molar-refractivity contribution in [3.63, 3.8) is 0 Å². The van der Waals surface area contributed by atoms with Crippen molar-refractivity contribution < 1.29 is 8.78 Å². The highest BCUT2D eigenvalue weighted by Gasteiger charge is 2.31. The topological polar surface area (TPSA) is 12.0 Å². The number of para-hydroxylation sites is 1. The van der Waals surface area contributed by atoms with Gasteiger partial charge in [-0.3, -0.25) is 0 Å². The van der Waals surface area contributed by atoms with Crippen molar-refractivity contribution in [2.75, 3.05) is 18.1 Å². The molecular formula is C15H15F2NS. The molecule has 0 bridgehead atoms. The summed E-state index contributed by atoms with van der Waals surface area (Å²) in [6.07, 6.45) is 1.93. The minimum absolute atomic E-state index is 0.0316. The lowest BCUT2D eigenvalue weighted by Gasteiger charge is -2.19. The predicted molar refractivity (Wildman–Crippen MR) is 77.0 cm³/mol. The zero-order chi connectivity index (χ0) is 13.7. The minimum atomic E-state index is -2.88. The first-order chi connectivity index (χ1) is 9.13. The molecule has 0 heterocycles. The van der Waals surface area contributed by atoms with Crippen molar-refractivity contribution in [1.82, 2.24) is 0 Å². The Hall–Kier alpha value is -1.55. The van der Waals surface area contributed by atoms with Crippen LogP contribution in [-0.2, 0) is 5.92 Å². The van der Waals surface area contributed by atoms with Crippen LogP contribution in [-0.4, -0.2) is 12.8 Å². The van der Waals surface area contributed by atoms with Gasteiger partial charge in [-0.1, -0.05) is 42.5 Å². The molecule has 0 radical (unpaired) electrons. The summed E-state index contributed by atoms with van der Waals surface area (Å²) in [5, 5.41) is 2.83. The van der Waals surface area contributed by atoms with Crippen LogP contribution in [0.5, 0.6) is 0 Å². The van der Waals surface area contributed by atoms with Crippen molar-refractivity contribution in [3.8, 4) is 0 Å². The maximum atomic E-state index is 14.0. The normalized spacial score (nSPS) is 11.3. The number of hydrogen-bond acceptors (Lipinski definition) is 2. The summed E-state index contributed by atoms with van der Waals surface area (Å²) in [6, 6.07) is 15.3. The van der Waals surface area contributed by atoms with Gasteiger partial charge in [0.2, 0.25) is 0 Å². The lowest BCUT2D eigenvalue weighted by molar-refractivity contribution is 0.0106. The second-order valence-corrected chi connectivity index (χ2v) is 4.97. The van der Waals surface area contributed by atoms with Crippen LogP contribution in [0.25, 0.3) is 0 Å². The molecule has 0 amide bonds. The summed E-state index contributed by atoms with van der Waals surface area (Å²) in [5.41, 5.74) is 0.773. The van der Waals surface area contributed by atoms with Gasteiger partial charge in [0.05, 0.1) is 6.54 Å². The predicted octanol–water partition coefficient (Wildman–Crippen LogP) is 4.61. The van der Waals surface area contributed by atoms with E-state index in [0.29, 0.717) is 0 Å². The molecule has 19 heavy (non-hydrogen) atoms. The summed E-state index contributed by atoms with van der Waals surface area (Å²) in [7, 11) is 0. The molecule has 1 nitrogen and oxygen atoms in total. The highest BCUT2D eigenvalue weighted by molar-refractivity contribution is 7.98. The number of anilines is 1. The van der Waals surface area contributed by atoms with E-state index in [1.807, 2.05) is 30.5 Å². The molecule has 0 spiro atoms. The van der Waals surface area contributed by atoms with Crippen molar-refractivity contribution in [2.24, 2.45) is 0 Å². The maximum Gasteiger partial charge on any atom is 0.290 e. The van der Waals surface area contributed by atoms with Crippen LogP contribution in [0.2, 0.25) is 0 Å². The Morgan fingerprint density at radius 3 is 2.32 bits per heavy atom. The number of alkyl halides is 2. The number of halogens is 2. The van der Waals surface area contributed by atoms with Crippen LogP contribution >= 0.6 is 11.8 Å². The molecular weight excluding hydrogens is 264 g/mol. The molecule has 2 aromatic rings. The van der Waals surface area contributed by atoms with Gasteiger partial charge in [-0.05, 0) is 18.4 Å². The highest BCUT2D eigenvalue weighted by atomic mass is 32.2. The number of rotatable bonds is 5. The second kappa shape index (κ2) is 6.06. The summed E-state index contributed by atoms with van der Waals surface area (Å²) in [5.74, 6) is -2.88. The van der Waals surface area contributed by atoms with Gasteiger partial charge in [-0.15, -0.1) is 11.8 Å². The Morgan fingerprint density at radius 1 is 1.00 bits per heavy atom. The number of thioether (sulfide) groups is 1. The Bertz CT molecular complexity index is 529. The third kappa shape index (κ3) is 3.47. The maximum absolute atomic E-state index is 14.0. The quantitative estimate of drug-likeness (QED) is 0.802. The molecule has 0 saturated carbocycles. The fourth-order valence-electron chi connectivity index (χ4n) is 1.78. The van der Waals surface area contributed by atoms with Gasteiger partial charge in [0.15, 0.2) is 0 Å². The molecule has 100 valence electrons. The SMILES string of the molecule is CSc1ccccc1NCC(F)(F)c1ccccc1. The monoisotopic (exact) mass is 279 g/mol. The van der Waals surface area contributed by atoms with Gasteiger partial charge < -0.3 is 5.32 Å². The van der Waals surface area contributed by atoms with E-state index in [1.54, 1.807) is 18.2 Å². The van der Waals surface area contributed by atoms with Gasteiger partial charge >= 0.3 is 0 Å². The van der Waals surface area contributed by atoms with Crippen LogP contribution in [0, 0.1) is 0 Å². The molecule has 2 rings (SSSR count). The highest BCUT2D eigenvalue weighted by Crippen LogP contribution is 2.30. The average molecular weight is 279 g/mol. The van der Waals surface area contributed by atoms with Gasteiger partial charge in [-0.2, -0.15) is 8.78 Å². The second-order valence-electron chi connectivity index (χ2n) is 4.12. The molecule has 0 aromatic heterocycles. The number of nitrogens with one attached hydrogen (secondary N) is 1. The Labute approximate surface area is 116 Å². The Balaban J connectivity index is 2.10. The summed E-state index contributed by atoms with van der Waals surface area (Å²) in [6.45, 7) is -0.408. The molecule has 0 fully saturated rings. The first-order valence-electron chi connectivity index (χ1n) is 5.94. The first-order valence-corrected chi connectivity index (χ1v) is 7.16. The lowest BCUT2D eigenvalue weighted by atomic mass is 10.1. The van der Waals surface area contributed by atoms with Gasteiger partial charge in [-0.25, -0.2) is 0 Å². The van der Waals surface area contributed by atoms with Crippen LogP contribution in [0.3, 0.4) is 0 Å². The molecule has 4 heteroatoms. The number of hydrogen-bond donors (Lipinski definition) is 1. The first kappa shape index (κ1) is 13.9. The van der Waals surface area contributed by atoms with Crippen LogP contribution in [0.15, 0.2) is 59.5 Å². The molecule has 0 aliphatic carbocycles. The fourth-order valence-corrected chi connectivity index (χ4v) is 2.36. The van der Waals surface area contributed by atoms with Crippen molar-refractivity contribution in [2.45, 2.75) is 10.8 Å². The Morgan fingerprint density at radius 2 is 1.63 bits per heavy atom. The van der Waals surface area contributed by atoms with Crippen molar-refractivity contribution >= 4 is 17.4 Å². The van der Waals surface area contributed by atoms with Gasteiger partial charge in [0.25, 0.3) is 5.92 Å². The average Bonchev–Trinajstić information content (AvgIpc) is 2.46. The molecule has 0 aliphatic rings. The summed E-state index contributed by atoms with van der Waals surface area (Å²) in [4.78, 5) is 0.964. The van der Waals surface area contributed by atoms with Gasteiger partial charge in [0.1, 0.15) is 0 Å². The zero-order valence-electron chi connectivity index (χ0n) is 10.6. The zero-order valence-corrected chi connectivity index (χ0v) is 11.4. The van der Waals surface area contributed by atoms with Crippen LogP contribution < -0.4 is 5.32 Å². The van der Waals surface area contributed by atoms with E-state index in [4.69, 9.17) is 0 Å². The van der Waals surface area contributed by atoms with E-state index in [1.165, 1.54) is 23.9 Å². The number of benzene rings is 2.